The molecule has 0 aromatic carbocycles. The van der Waals surface area contributed by atoms with Crippen LogP contribution in [0.25, 0.3) is 0 Å². The highest BCUT2D eigenvalue weighted by Crippen LogP contribution is 2.37. The van der Waals surface area contributed by atoms with Crippen LogP contribution in [0.4, 0.5) is 0 Å². The fraction of sp³-hybridized carbons (Fsp3) is 1.00. The fourth-order valence-corrected chi connectivity index (χ4v) is 3.89. The van der Waals surface area contributed by atoms with Crippen molar-refractivity contribution in [2.75, 3.05) is 32.7 Å². The van der Waals surface area contributed by atoms with E-state index in [9.17, 15) is 0 Å². The minimum Gasteiger partial charge on any atom is -0.316 e. The summed E-state index contributed by atoms with van der Waals surface area (Å²) in [5.74, 6) is 1.05. The van der Waals surface area contributed by atoms with Crippen molar-refractivity contribution < 1.29 is 0 Å². The summed E-state index contributed by atoms with van der Waals surface area (Å²) in [7, 11) is 0. The predicted molar refractivity (Wildman–Crippen MR) is 67.6 cm³/mol. The largest absolute Gasteiger partial charge is 0.316 e. The van der Waals surface area contributed by atoms with Crippen molar-refractivity contribution >= 4 is 0 Å². The third kappa shape index (κ3) is 2.28. The summed E-state index contributed by atoms with van der Waals surface area (Å²) in [6.07, 6.45) is 10.3. The van der Waals surface area contributed by atoms with Crippen LogP contribution in [0, 0.1) is 11.3 Å². The van der Waals surface area contributed by atoms with E-state index in [0.29, 0.717) is 5.41 Å². The third-order valence-corrected chi connectivity index (χ3v) is 5.04. The van der Waals surface area contributed by atoms with Gasteiger partial charge in [0.05, 0.1) is 0 Å². The molecule has 2 aliphatic heterocycles. The Hall–Kier alpha value is -0.0800. The molecule has 2 heterocycles. The molecule has 3 aliphatic rings. The normalized spacial score (nSPS) is 37.5. The lowest BCUT2D eigenvalue weighted by Crippen LogP contribution is -2.52. The molecule has 0 aromatic heterocycles. The lowest BCUT2D eigenvalue weighted by atomic mass is 9.74. The van der Waals surface area contributed by atoms with Crippen LogP contribution in [0.2, 0.25) is 0 Å². The number of piperidine rings is 2. The molecule has 0 amide bonds. The molecule has 0 bridgehead atoms. The molecule has 3 rings (SSSR count). The Morgan fingerprint density at radius 1 is 1.12 bits per heavy atom. The quantitative estimate of drug-likeness (QED) is 0.771. The van der Waals surface area contributed by atoms with Gasteiger partial charge in [-0.2, -0.15) is 0 Å². The van der Waals surface area contributed by atoms with Crippen molar-refractivity contribution in [3.05, 3.63) is 0 Å². The molecule has 1 N–H and O–H groups in total. The second-order valence-electron chi connectivity index (χ2n) is 6.42. The van der Waals surface area contributed by atoms with Gasteiger partial charge < -0.3 is 10.2 Å². The number of hydrogen-bond donors (Lipinski definition) is 1. The molecule has 1 unspecified atom stereocenters. The van der Waals surface area contributed by atoms with E-state index in [2.05, 4.69) is 10.2 Å². The summed E-state index contributed by atoms with van der Waals surface area (Å²) in [4.78, 5) is 2.78. The van der Waals surface area contributed by atoms with E-state index >= 15 is 0 Å². The maximum atomic E-state index is 3.62. The molecule has 1 spiro atoms. The Kier molecular flexibility index (Phi) is 3.21. The van der Waals surface area contributed by atoms with Gasteiger partial charge in [-0.15, -0.1) is 0 Å². The Morgan fingerprint density at radius 3 is 2.69 bits per heavy atom. The first-order valence-corrected chi connectivity index (χ1v) is 7.29. The highest BCUT2D eigenvalue weighted by molar-refractivity contribution is 4.92. The van der Waals surface area contributed by atoms with E-state index in [1.54, 1.807) is 0 Å². The number of likely N-dealkylation sites (tertiary alicyclic amines) is 1. The molecule has 2 heteroatoms. The maximum Gasteiger partial charge on any atom is 0.00503 e. The van der Waals surface area contributed by atoms with E-state index in [1.165, 1.54) is 77.7 Å². The van der Waals surface area contributed by atoms with E-state index < -0.39 is 0 Å². The lowest BCUT2D eigenvalue weighted by Gasteiger charge is -2.47. The van der Waals surface area contributed by atoms with Gasteiger partial charge >= 0.3 is 0 Å². The summed E-state index contributed by atoms with van der Waals surface area (Å²) in [5.41, 5.74) is 0.653. The lowest BCUT2D eigenvalue weighted by molar-refractivity contribution is 0.0454. The van der Waals surface area contributed by atoms with Crippen LogP contribution in [0.3, 0.4) is 0 Å². The molecular formula is C14H26N2. The highest BCUT2D eigenvalue weighted by atomic mass is 15.1. The summed E-state index contributed by atoms with van der Waals surface area (Å²) >= 11 is 0. The summed E-state index contributed by atoms with van der Waals surface area (Å²) < 4.78 is 0. The zero-order valence-corrected chi connectivity index (χ0v) is 10.5. The van der Waals surface area contributed by atoms with Crippen LogP contribution in [-0.4, -0.2) is 37.6 Å². The van der Waals surface area contributed by atoms with Crippen molar-refractivity contribution in [2.24, 2.45) is 11.3 Å². The zero-order chi connectivity index (χ0) is 10.8. The zero-order valence-electron chi connectivity index (χ0n) is 10.5. The van der Waals surface area contributed by atoms with Gasteiger partial charge in [-0.25, -0.2) is 0 Å². The van der Waals surface area contributed by atoms with Gasteiger partial charge in [-0.3, -0.25) is 0 Å². The van der Waals surface area contributed by atoms with Gasteiger partial charge in [-0.05, 0) is 62.9 Å². The Balaban J connectivity index is 1.55. The van der Waals surface area contributed by atoms with Gasteiger partial charge in [0.1, 0.15) is 0 Å². The Morgan fingerprint density at radius 2 is 2.00 bits per heavy atom. The fourth-order valence-electron chi connectivity index (χ4n) is 3.89. The van der Waals surface area contributed by atoms with Crippen molar-refractivity contribution in [1.82, 2.24) is 10.2 Å². The second-order valence-corrected chi connectivity index (χ2v) is 6.42. The summed E-state index contributed by atoms with van der Waals surface area (Å²) in [5, 5.41) is 3.62. The number of nitrogens with one attached hydrogen (secondary N) is 1. The summed E-state index contributed by atoms with van der Waals surface area (Å²) in [6.45, 7) is 6.70. The van der Waals surface area contributed by atoms with E-state index in [4.69, 9.17) is 0 Å². The minimum atomic E-state index is 0.653. The van der Waals surface area contributed by atoms with Crippen LogP contribution < -0.4 is 5.32 Å². The average Bonchev–Trinajstić information content (AvgIpc) is 2.25. The molecule has 2 saturated heterocycles. The summed E-state index contributed by atoms with van der Waals surface area (Å²) in [6, 6.07) is 0. The molecule has 1 saturated carbocycles. The standard InChI is InChI=1S/C14H26N2/c1-4-13(5-1)10-16-9-3-7-14(12-16)6-2-8-15-11-14/h13,15H,1-12H2. The molecule has 92 valence electrons. The number of rotatable bonds is 2. The first kappa shape index (κ1) is 11.0. The molecule has 2 nitrogen and oxygen atoms in total. The Bertz CT molecular complexity index is 223. The number of nitrogens with zero attached hydrogens (tertiary/aromatic N) is 1. The van der Waals surface area contributed by atoms with Crippen LogP contribution in [0.15, 0.2) is 0 Å². The first-order valence-electron chi connectivity index (χ1n) is 7.29. The molecule has 1 aliphatic carbocycles. The monoisotopic (exact) mass is 222 g/mol. The van der Waals surface area contributed by atoms with Gasteiger partial charge in [0.2, 0.25) is 0 Å². The second kappa shape index (κ2) is 4.66. The van der Waals surface area contributed by atoms with E-state index in [0.717, 1.165) is 5.92 Å². The first-order chi connectivity index (χ1) is 7.86. The van der Waals surface area contributed by atoms with Gasteiger partial charge in [-0.1, -0.05) is 6.42 Å². The van der Waals surface area contributed by atoms with Gasteiger partial charge in [0.15, 0.2) is 0 Å². The van der Waals surface area contributed by atoms with Crippen molar-refractivity contribution in [2.45, 2.75) is 44.9 Å². The molecule has 3 fully saturated rings. The SMILES string of the molecule is C1CC(CN2CCCC3(CCCNC3)C2)C1. The topological polar surface area (TPSA) is 15.3 Å². The van der Waals surface area contributed by atoms with Crippen molar-refractivity contribution in [1.29, 1.82) is 0 Å². The Labute approximate surface area is 99.8 Å². The van der Waals surface area contributed by atoms with Crippen LogP contribution in [0.5, 0.6) is 0 Å². The molecule has 1 atom stereocenters. The minimum absolute atomic E-state index is 0.653. The third-order valence-electron chi connectivity index (χ3n) is 5.04. The van der Waals surface area contributed by atoms with Gasteiger partial charge in [0.25, 0.3) is 0 Å². The van der Waals surface area contributed by atoms with E-state index in [1.807, 2.05) is 0 Å². The van der Waals surface area contributed by atoms with Crippen molar-refractivity contribution in [3.63, 3.8) is 0 Å². The predicted octanol–water partition coefficient (Wildman–Crippen LogP) is 2.25. The molecule has 0 radical (unpaired) electrons. The molecular weight excluding hydrogens is 196 g/mol. The van der Waals surface area contributed by atoms with Crippen molar-refractivity contribution in [3.8, 4) is 0 Å². The van der Waals surface area contributed by atoms with Crippen LogP contribution >= 0.6 is 0 Å². The maximum absolute atomic E-state index is 3.62. The average molecular weight is 222 g/mol. The van der Waals surface area contributed by atoms with E-state index in [-0.39, 0.29) is 0 Å². The van der Waals surface area contributed by atoms with Crippen LogP contribution in [0.1, 0.15) is 44.9 Å². The smallest absolute Gasteiger partial charge is 0.00503 e. The highest BCUT2D eigenvalue weighted by Gasteiger charge is 2.37. The van der Waals surface area contributed by atoms with Gasteiger partial charge in [0, 0.05) is 19.6 Å². The molecule has 0 aromatic rings. The van der Waals surface area contributed by atoms with Crippen LogP contribution in [-0.2, 0) is 0 Å². The number of hydrogen-bond acceptors (Lipinski definition) is 2. The molecule has 16 heavy (non-hydrogen) atoms.